The summed E-state index contributed by atoms with van der Waals surface area (Å²) in [5.41, 5.74) is 13.8. The van der Waals surface area contributed by atoms with E-state index in [2.05, 4.69) is 180 Å². The Hall–Kier alpha value is -4.40. The Morgan fingerprint density at radius 3 is 1.68 bits per heavy atom. The molecule has 1 nitrogen and oxygen atoms in total. The predicted molar refractivity (Wildman–Crippen MR) is 177 cm³/mol. The summed E-state index contributed by atoms with van der Waals surface area (Å²) < 4.78 is 1.10. The van der Waals surface area contributed by atoms with Crippen LogP contribution in [-0.4, -0.2) is 0 Å². The molecule has 6 aromatic carbocycles. The number of nitrogens with zero attached hydrogens (tertiary/aromatic N) is 1. The van der Waals surface area contributed by atoms with Crippen molar-refractivity contribution in [3.8, 4) is 33.4 Å². The number of hydrogen-bond acceptors (Lipinski definition) is 1. The minimum atomic E-state index is -0.123. The molecular formula is C39H30BrN. The molecule has 0 fully saturated rings. The Balaban J connectivity index is 1.29. The Labute approximate surface area is 250 Å². The lowest BCUT2D eigenvalue weighted by Crippen LogP contribution is -2.16. The van der Waals surface area contributed by atoms with Crippen LogP contribution in [0.5, 0.6) is 0 Å². The van der Waals surface area contributed by atoms with Gasteiger partial charge in [-0.3, -0.25) is 0 Å². The molecule has 0 aliphatic heterocycles. The molecule has 1 aliphatic rings. The van der Waals surface area contributed by atoms with Crippen LogP contribution in [0.3, 0.4) is 0 Å². The van der Waals surface area contributed by atoms with Crippen molar-refractivity contribution in [1.82, 2.24) is 0 Å². The first kappa shape index (κ1) is 25.6. The van der Waals surface area contributed by atoms with Crippen molar-refractivity contribution < 1.29 is 0 Å². The van der Waals surface area contributed by atoms with E-state index in [-0.39, 0.29) is 5.41 Å². The molecule has 2 heteroatoms. The zero-order valence-corrected chi connectivity index (χ0v) is 24.8. The Bertz CT molecular complexity index is 1820. The highest BCUT2D eigenvalue weighted by Gasteiger charge is 2.37. The van der Waals surface area contributed by atoms with Gasteiger partial charge in [0.25, 0.3) is 0 Å². The second-order valence-corrected chi connectivity index (χ2v) is 12.1. The number of fused-ring (bicyclic) bond motifs is 3. The van der Waals surface area contributed by atoms with E-state index in [0.29, 0.717) is 0 Å². The van der Waals surface area contributed by atoms with Gasteiger partial charge in [0.15, 0.2) is 0 Å². The fourth-order valence-corrected chi connectivity index (χ4v) is 6.76. The van der Waals surface area contributed by atoms with Gasteiger partial charge in [0.05, 0.1) is 0 Å². The molecule has 0 saturated heterocycles. The van der Waals surface area contributed by atoms with Crippen molar-refractivity contribution in [3.63, 3.8) is 0 Å². The third-order valence-corrected chi connectivity index (χ3v) is 8.79. The summed E-state index contributed by atoms with van der Waals surface area (Å²) in [7, 11) is 0. The number of anilines is 3. The van der Waals surface area contributed by atoms with Crippen molar-refractivity contribution in [1.29, 1.82) is 0 Å². The topological polar surface area (TPSA) is 3.24 Å². The maximum Gasteiger partial charge on any atom is 0.0462 e. The molecule has 0 unspecified atom stereocenters. The molecule has 7 rings (SSSR count). The highest BCUT2D eigenvalue weighted by atomic mass is 79.9. The second-order valence-electron chi connectivity index (χ2n) is 11.2. The summed E-state index contributed by atoms with van der Waals surface area (Å²) >= 11 is 3.64. The Kier molecular flexibility index (Phi) is 6.37. The fourth-order valence-electron chi connectivity index (χ4n) is 6.36. The molecule has 0 N–H and O–H groups in total. The monoisotopic (exact) mass is 591 g/mol. The SMILES string of the molecule is CC1(C)c2cc(-c3cccc(Br)c3)ccc2-c2cccc(-c3ccc(N(c4ccccc4)c4ccccc4)cc3)c21. The van der Waals surface area contributed by atoms with Crippen molar-refractivity contribution in [2.24, 2.45) is 0 Å². The lowest BCUT2D eigenvalue weighted by molar-refractivity contribution is 0.662. The first-order valence-corrected chi connectivity index (χ1v) is 14.8. The minimum Gasteiger partial charge on any atom is -0.311 e. The van der Waals surface area contributed by atoms with E-state index >= 15 is 0 Å². The van der Waals surface area contributed by atoms with E-state index < -0.39 is 0 Å². The van der Waals surface area contributed by atoms with Crippen LogP contribution >= 0.6 is 15.9 Å². The van der Waals surface area contributed by atoms with E-state index in [1.54, 1.807) is 0 Å². The van der Waals surface area contributed by atoms with E-state index in [4.69, 9.17) is 0 Å². The summed E-state index contributed by atoms with van der Waals surface area (Å²) in [4.78, 5) is 2.31. The molecular weight excluding hydrogens is 562 g/mol. The van der Waals surface area contributed by atoms with Crippen molar-refractivity contribution in [2.75, 3.05) is 4.90 Å². The molecule has 0 saturated carbocycles. The Morgan fingerprint density at radius 2 is 1.02 bits per heavy atom. The fraction of sp³-hybridized carbons (Fsp3) is 0.0769. The highest BCUT2D eigenvalue weighted by molar-refractivity contribution is 9.10. The molecule has 41 heavy (non-hydrogen) atoms. The molecule has 198 valence electrons. The van der Waals surface area contributed by atoms with Crippen molar-refractivity contribution in [3.05, 3.63) is 161 Å². The third-order valence-electron chi connectivity index (χ3n) is 8.30. The zero-order valence-electron chi connectivity index (χ0n) is 23.2. The van der Waals surface area contributed by atoms with Gasteiger partial charge in [0.2, 0.25) is 0 Å². The van der Waals surface area contributed by atoms with Gasteiger partial charge in [0, 0.05) is 26.9 Å². The molecule has 0 spiro atoms. The van der Waals surface area contributed by atoms with Gasteiger partial charge in [-0.2, -0.15) is 0 Å². The lowest BCUT2D eigenvalue weighted by Gasteiger charge is -2.27. The number of benzene rings is 6. The third kappa shape index (κ3) is 4.49. The molecule has 0 aromatic heterocycles. The van der Waals surface area contributed by atoms with E-state index in [9.17, 15) is 0 Å². The summed E-state index contributed by atoms with van der Waals surface area (Å²) in [6.07, 6.45) is 0. The van der Waals surface area contributed by atoms with E-state index in [1.807, 2.05) is 0 Å². The molecule has 0 radical (unpaired) electrons. The van der Waals surface area contributed by atoms with Crippen LogP contribution in [0, 0.1) is 0 Å². The highest BCUT2D eigenvalue weighted by Crippen LogP contribution is 2.53. The van der Waals surface area contributed by atoms with Gasteiger partial charge in [-0.25, -0.2) is 0 Å². The van der Waals surface area contributed by atoms with E-state index in [0.717, 1.165) is 21.5 Å². The number of hydrogen-bond donors (Lipinski definition) is 0. The van der Waals surface area contributed by atoms with Crippen LogP contribution in [0.1, 0.15) is 25.0 Å². The van der Waals surface area contributed by atoms with Crippen LogP contribution < -0.4 is 4.90 Å². The van der Waals surface area contributed by atoms with Crippen LogP contribution in [0.2, 0.25) is 0 Å². The summed E-state index contributed by atoms with van der Waals surface area (Å²) in [5, 5.41) is 0. The van der Waals surface area contributed by atoms with Crippen LogP contribution in [0.15, 0.2) is 150 Å². The maximum absolute atomic E-state index is 3.64. The minimum absolute atomic E-state index is 0.123. The lowest BCUT2D eigenvalue weighted by atomic mass is 9.78. The molecule has 0 bridgehead atoms. The first-order chi connectivity index (χ1) is 20.0. The molecule has 0 amide bonds. The zero-order chi connectivity index (χ0) is 28.0. The van der Waals surface area contributed by atoms with Gasteiger partial charge < -0.3 is 4.90 Å². The summed E-state index contributed by atoms with van der Waals surface area (Å²) in [6.45, 7) is 4.74. The largest absolute Gasteiger partial charge is 0.311 e. The van der Waals surface area contributed by atoms with Crippen LogP contribution in [0.25, 0.3) is 33.4 Å². The van der Waals surface area contributed by atoms with Crippen molar-refractivity contribution in [2.45, 2.75) is 19.3 Å². The molecule has 1 aliphatic carbocycles. The Morgan fingerprint density at radius 1 is 0.463 bits per heavy atom. The smallest absolute Gasteiger partial charge is 0.0462 e. The van der Waals surface area contributed by atoms with Crippen LogP contribution in [-0.2, 0) is 5.41 Å². The molecule has 0 atom stereocenters. The maximum atomic E-state index is 3.64. The number of rotatable bonds is 5. The van der Waals surface area contributed by atoms with Gasteiger partial charge in [-0.05, 0) is 99.1 Å². The van der Waals surface area contributed by atoms with Crippen molar-refractivity contribution >= 4 is 33.0 Å². The van der Waals surface area contributed by atoms with Gasteiger partial charge in [-0.1, -0.05) is 121 Å². The van der Waals surface area contributed by atoms with E-state index in [1.165, 1.54) is 44.5 Å². The number of para-hydroxylation sites is 2. The number of halogens is 1. The van der Waals surface area contributed by atoms with Gasteiger partial charge in [-0.15, -0.1) is 0 Å². The molecule has 6 aromatic rings. The normalized spacial score (nSPS) is 13.0. The summed E-state index contributed by atoms with van der Waals surface area (Å²) in [5.74, 6) is 0. The van der Waals surface area contributed by atoms with Gasteiger partial charge in [0.1, 0.15) is 0 Å². The van der Waals surface area contributed by atoms with Crippen LogP contribution in [0.4, 0.5) is 17.1 Å². The quantitative estimate of drug-likeness (QED) is 0.193. The average Bonchev–Trinajstić information content (AvgIpc) is 3.25. The average molecular weight is 593 g/mol. The van der Waals surface area contributed by atoms with Gasteiger partial charge >= 0.3 is 0 Å². The molecule has 0 heterocycles. The summed E-state index contributed by atoms with van der Waals surface area (Å²) in [6, 6.07) is 52.5. The second kappa shape index (κ2) is 10.2. The predicted octanol–water partition coefficient (Wildman–Crippen LogP) is 11.6. The first-order valence-electron chi connectivity index (χ1n) is 14.1. The standard InChI is InChI=1S/C39H30BrN/c1-39(2)37-26-29(28-11-9-12-30(40)25-28)21-24-35(37)36-18-10-17-34(38(36)39)27-19-22-33(23-20-27)41(31-13-5-3-6-14-31)32-15-7-4-8-16-32/h3-26H,1-2H3.